The summed E-state index contributed by atoms with van der Waals surface area (Å²) in [7, 11) is 0. The van der Waals surface area contributed by atoms with Gasteiger partial charge in [-0.05, 0) is 72.9 Å². The number of piperidine rings is 1. The lowest BCUT2D eigenvalue weighted by Crippen LogP contribution is -2.53. The Bertz CT molecular complexity index is 1550. The summed E-state index contributed by atoms with van der Waals surface area (Å²) in [5.41, 5.74) is 2.75. The van der Waals surface area contributed by atoms with Crippen LogP contribution in [-0.4, -0.2) is 56.2 Å². The third-order valence-electron chi connectivity index (χ3n) is 8.58. The van der Waals surface area contributed by atoms with Gasteiger partial charge in [0.15, 0.2) is 0 Å². The van der Waals surface area contributed by atoms with Gasteiger partial charge in [0.25, 0.3) is 0 Å². The monoisotopic (exact) mass is 653 g/mol. The zero-order chi connectivity index (χ0) is 33.8. The van der Waals surface area contributed by atoms with Gasteiger partial charge >= 0.3 is 5.97 Å². The minimum atomic E-state index is -0.624. The smallest absolute Gasteiger partial charge is 0.330 e. The fourth-order valence-electron chi connectivity index (χ4n) is 5.83. The molecule has 0 saturated carbocycles. The standard InChI is InChI=1S/C41H51NO6/c1-5-6-24-46-37-27-42(48-40(43)41(2,3)4)28-38(47-30-32-17-18-33-15-10-11-16-35(33)26-32)39(37)34-19-21-36(22-20-34)45-25-12-23-44-29-31-13-8-7-9-14-31/h7-11,13-22,26,37-39H,5-6,12,23-25,27-30H2,1-4H3. The Labute approximate surface area is 286 Å². The first kappa shape index (κ1) is 35.6. The predicted octanol–water partition coefficient (Wildman–Crippen LogP) is 8.50. The summed E-state index contributed by atoms with van der Waals surface area (Å²) in [4.78, 5) is 18.9. The highest BCUT2D eigenvalue weighted by Crippen LogP contribution is 2.35. The quantitative estimate of drug-likeness (QED) is 0.112. The van der Waals surface area contributed by atoms with Crippen molar-refractivity contribution >= 4 is 16.7 Å². The lowest BCUT2D eigenvalue weighted by Gasteiger charge is -2.43. The summed E-state index contributed by atoms with van der Waals surface area (Å²) in [6.07, 6.45) is 2.28. The first-order chi connectivity index (χ1) is 23.3. The molecule has 3 atom stereocenters. The van der Waals surface area contributed by atoms with Crippen LogP contribution in [0.2, 0.25) is 0 Å². The van der Waals surface area contributed by atoms with Gasteiger partial charge < -0.3 is 23.8 Å². The summed E-state index contributed by atoms with van der Waals surface area (Å²) < 4.78 is 25.1. The number of hydrogen-bond donors (Lipinski definition) is 0. The molecule has 1 fully saturated rings. The molecule has 0 spiro atoms. The normalized spacial score (nSPS) is 18.5. The lowest BCUT2D eigenvalue weighted by molar-refractivity contribution is -0.231. The third kappa shape index (κ3) is 10.4. The predicted molar refractivity (Wildman–Crippen MR) is 190 cm³/mol. The molecule has 1 aliphatic heterocycles. The molecule has 7 heteroatoms. The number of unbranched alkanes of at least 4 members (excludes halogenated alkanes) is 1. The molecule has 0 radical (unpaired) electrons. The van der Waals surface area contributed by atoms with Gasteiger partial charge in [-0.3, -0.25) is 0 Å². The molecule has 1 heterocycles. The van der Waals surface area contributed by atoms with E-state index >= 15 is 0 Å². The van der Waals surface area contributed by atoms with E-state index in [0.29, 0.717) is 46.1 Å². The van der Waals surface area contributed by atoms with Crippen molar-refractivity contribution in [2.45, 2.75) is 78.3 Å². The van der Waals surface area contributed by atoms with Gasteiger partial charge in [0.2, 0.25) is 0 Å². The number of carbonyl (C=O) groups excluding carboxylic acids is 1. The molecule has 0 N–H and O–H groups in total. The Kier molecular flexibility index (Phi) is 13.0. The van der Waals surface area contributed by atoms with Crippen LogP contribution in [0.15, 0.2) is 97.1 Å². The van der Waals surface area contributed by atoms with Crippen LogP contribution < -0.4 is 4.74 Å². The molecule has 0 bridgehead atoms. The van der Waals surface area contributed by atoms with E-state index in [9.17, 15) is 4.79 Å². The molecule has 4 aromatic carbocycles. The van der Waals surface area contributed by atoms with Crippen molar-refractivity contribution < 1.29 is 28.6 Å². The number of benzene rings is 4. The highest BCUT2D eigenvalue weighted by atomic mass is 16.7. The zero-order valence-corrected chi connectivity index (χ0v) is 28.9. The summed E-state index contributed by atoms with van der Waals surface area (Å²) in [5.74, 6) is 0.483. The van der Waals surface area contributed by atoms with E-state index in [1.165, 1.54) is 16.3 Å². The topological polar surface area (TPSA) is 66.5 Å². The highest BCUT2D eigenvalue weighted by Gasteiger charge is 2.42. The second kappa shape index (κ2) is 17.6. The third-order valence-corrected chi connectivity index (χ3v) is 8.58. The van der Waals surface area contributed by atoms with E-state index in [-0.39, 0.29) is 24.1 Å². The molecule has 256 valence electrons. The minimum absolute atomic E-state index is 0.0627. The molecule has 48 heavy (non-hydrogen) atoms. The van der Waals surface area contributed by atoms with Crippen LogP contribution >= 0.6 is 0 Å². The van der Waals surface area contributed by atoms with Crippen LogP contribution in [0, 0.1) is 5.41 Å². The minimum Gasteiger partial charge on any atom is -0.494 e. The Morgan fingerprint density at radius 1 is 0.729 bits per heavy atom. The SMILES string of the molecule is CCCCOC1CN(OC(=O)C(C)(C)C)CC(OCc2ccc3ccccc3c2)C1c1ccc(OCCCOCc2ccccc2)cc1. The van der Waals surface area contributed by atoms with E-state index in [1.807, 2.05) is 51.1 Å². The maximum Gasteiger partial charge on any atom is 0.330 e. The summed E-state index contributed by atoms with van der Waals surface area (Å²) in [6.45, 7) is 11.5. The van der Waals surface area contributed by atoms with Gasteiger partial charge in [0.05, 0.1) is 57.1 Å². The van der Waals surface area contributed by atoms with Crippen molar-refractivity contribution in [2.24, 2.45) is 5.41 Å². The molecule has 0 amide bonds. The number of hydroxylamine groups is 2. The average Bonchev–Trinajstić information content (AvgIpc) is 3.09. The highest BCUT2D eigenvalue weighted by molar-refractivity contribution is 5.83. The first-order valence-electron chi connectivity index (χ1n) is 17.3. The lowest BCUT2D eigenvalue weighted by atomic mass is 9.85. The number of rotatable bonds is 16. The van der Waals surface area contributed by atoms with Crippen molar-refractivity contribution in [3.05, 3.63) is 114 Å². The Morgan fingerprint density at radius 2 is 1.44 bits per heavy atom. The van der Waals surface area contributed by atoms with Gasteiger partial charge in [0.1, 0.15) is 5.75 Å². The van der Waals surface area contributed by atoms with Crippen LogP contribution in [0.5, 0.6) is 5.75 Å². The van der Waals surface area contributed by atoms with Gasteiger partial charge in [-0.2, -0.15) is 0 Å². The molecule has 5 rings (SSSR count). The second-order valence-corrected chi connectivity index (χ2v) is 13.6. The number of hydrogen-bond acceptors (Lipinski definition) is 7. The maximum atomic E-state index is 12.9. The fraction of sp³-hybridized carbons (Fsp3) is 0.439. The first-order valence-corrected chi connectivity index (χ1v) is 17.3. The van der Waals surface area contributed by atoms with Crippen LogP contribution in [0.4, 0.5) is 0 Å². The fourth-order valence-corrected chi connectivity index (χ4v) is 5.83. The van der Waals surface area contributed by atoms with Crippen LogP contribution in [0.25, 0.3) is 10.8 Å². The summed E-state index contributed by atoms with van der Waals surface area (Å²) in [5, 5.41) is 4.12. The van der Waals surface area contributed by atoms with Crippen LogP contribution in [0.1, 0.15) is 69.6 Å². The van der Waals surface area contributed by atoms with E-state index < -0.39 is 5.41 Å². The van der Waals surface area contributed by atoms with Crippen molar-refractivity contribution in [2.75, 3.05) is 32.9 Å². The number of nitrogens with zero attached hydrogens (tertiary/aromatic N) is 1. The van der Waals surface area contributed by atoms with Crippen molar-refractivity contribution in [3.63, 3.8) is 0 Å². The second-order valence-electron chi connectivity index (χ2n) is 13.6. The number of carbonyl (C=O) groups is 1. The van der Waals surface area contributed by atoms with Gasteiger partial charge in [0, 0.05) is 18.9 Å². The summed E-state index contributed by atoms with van der Waals surface area (Å²) >= 11 is 0. The van der Waals surface area contributed by atoms with E-state index in [0.717, 1.165) is 36.1 Å². The van der Waals surface area contributed by atoms with Crippen LogP contribution in [-0.2, 0) is 37.1 Å². The molecule has 0 aliphatic carbocycles. The van der Waals surface area contributed by atoms with Gasteiger partial charge in [-0.15, -0.1) is 5.06 Å². The molecule has 0 aromatic heterocycles. The molecular formula is C41H51NO6. The Hall–Kier alpha value is -3.75. The van der Waals surface area contributed by atoms with Crippen molar-refractivity contribution in [3.8, 4) is 5.75 Å². The molecule has 1 saturated heterocycles. The number of ether oxygens (including phenoxy) is 4. The zero-order valence-electron chi connectivity index (χ0n) is 28.9. The molecular weight excluding hydrogens is 602 g/mol. The van der Waals surface area contributed by atoms with E-state index in [2.05, 4.69) is 73.7 Å². The maximum absolute atomic E-state index is 12.9. The van der Waals surface area contributed by atoms with Gasteiger partial charge in [-0.1, -0.05) is 92.2 Å². The largest absolute Gasteiger partial charge is 0.494 e. The molecule has 7 nitrogen and oxygen atoms in total. The summed E-state index contributed by atoms with van der Waals surface area (Å²) in [6, 6.07) is 33.2. The molecule has 3 unspecified atom stereocenters. The van der Waals surface area contributed by atoms with Crippen LogP contribution in [0.3, 0.4) is 0 Å². The molecule has 4 aromatic rings. The number of fused-ring (bicyclic) bond motifs is 1. The molecule has 1 aliphatic rings. The average molecular weight is 654 g/mol. The van der Waals surface area contributed by atoms with E-state index in [1.54, 1.807) is 5.06 Å². The van der Waals surface area contributed by atoms with Gasteiger partial charge in [-0.25, -0.2) is 4.79 Å². The van der Waals surface area contributed by atoms with Crippen molar-refractivity contribution in [1.29, 1.82) is 0 Å². The Balaban J connectivity index is 1.28. The van der Waals surface area contributed by atoms with Crippen molar-refractivity contribution in [1.82, 2.24) is 5.06 Å². The van der Waals surface area contributed by atoms with E-state index in [4.69, 9.17) is 23.8 Å². The Morgan fingerprint density at radius 3 is 2.17 bits per heavy atom.